The van der Waals surface area contributed by atoms with Crippen LogP contribution in [-0.2, 0) is 16.1 Å². The second-order valence-electron chi connectivity index (χ2n) is 3.41. The highest BCUT2D eigenvalue weighted by Gasteiger charge is 2.06. The zero-order valence-electron chi connectivity index (χ0n) is 9.50. The Morgan fingerprint density at radius 3 is 2.69 bits per heavy atom. The van der Waals surface area contributed by atoms with Crippen LogP contribution in [0.2, 0.25) is 0 Å². The number of aliphatic hydroxyl groups excluding tert-OH is 1. The molecule has 0 radical (unpaired) electrons. The molecule has 0 aliphatic heterocycles. The zero-order chi connectivity index (χ0) is 11.6. The highest BCUT2D eigenvalue weighted by atomic mass is 16.5. The van der Waals surface area contributed by atoms with Crippen LogP contribution in [0.3, 0.4) is 0 Å². The smallest absolute Gasteiger partial charge is 0.144 e. The molecule has 0 aliphatic carbocycles. The Bertz CT molecular complexity index is 295. The molecule has 0 amide bonds. The molecule has 0 saturated heterocycles. The van der Waals surface area contributed by atoms with Gasteiger partial charge in [0.25, 0.3) is 0 Å². The first-order valence-corrected chi connectivity index (χ1v) is 5.36. The van der Waals surface area contributed by atoms with Gasteiger partial charge in [-0.15, -0.1) is 0 Å². The van der Waals surface area contributed by atoms with Gasteiger partial charge in [-0.2, -0.15) is 0 Å². The van der Waals surface area contributed by atoms with Crippen molar-refractivity contribution in [3.8, 4) is 0 Å². The molecule has 1 N–H and O–H groups in total. The van der Waals surface area contributed by atoms with Gasteiger partial charge in [-0.1, -0.05) is 36.4 Å². The summed E-state index contributed by atoms with van der Waals surface area (Å²) in [5, 5.41) is 9.01. The molecule has 1 aromatic carbocycles. The van der Waals surface area contributed by atoms with E-state index in [4.69, 9.17) is 14.6 Å². The summed E-state index contributed by atoms with van der Waals surface area (Å²) in [7, 11) is 0. The summed E-state index contributed by atoms with van der Waals surface area (Å²) in [5.41, 5.74) is 1.12. The van der Waals surface area contributed by atoms with Crippen molar-refractivity contribution < 1.29 is 14.6 Å². The van der Waals surface area contributed by atoms with E-state index in [2.05, 4.69) is 0 Å². The van der Waals surface area contributed by atoms with Crippen molar-refractivity contribution in [1.82, 2.24) is 0 Å². The van der Waals surface area contributed by atoms with Crippen molar-refractivity contribution in [3.05, 3.63) is 48.2 Å². The highest BCUT2D eigenvalue weighted by molar-refractivity contribution is 5.13. The quantitative estimate of drug-likeness (QED) is 0.718. The first-order chi connectivity index (χ1) is 7.86. The van der Waals surface area contributed by atoms with Crippen molar-refractivity contribution >= 4 is 0 Å². The summed E-state index contributed by atoms with van der Waals surface area (Å²) in [4.78, 5) is 0. The molecule has 0 spiro atoms. The topological polar surface area (TPSA) is 38.7 Å². The van der Waals surface area contributed by atoms with E-state index < -0.39 is 0 Å². The van der Waals surface area contributed by atoms with Gasteiger partial charge in [-0.25, -0.2) is 0 Å². The van der Waals surface area contributed by atoms with Crippen molar-refractivity contribution in [2.24, 2.45) is 0 Å². The van der Waals surface area contributed by atoms with Gasteiger partial charge in [0.15, 0.2) is 0 Å². The summed E-state index contributed by atoms with van der Waals surface area (Å²) < 4.78 is 10.7. The number of hydrogen-bond acceptors (Lipinski definition) is 3. The molecule has 0 fully saturated rings. The summed E-state index contributed by atoms with van der Waals surface area (Å²) in [6, 6.07) is 9.91. The Balaban J connectivity index is 2.23. The van der Waals surface area contributed by atoms with Gasteiger partial charge in [0.05, 0.1) is 26.1 Å². The van der Waals surface area contributed by atoms with Gasteiger partial charge in [0.2, 0.25) is 0 Å². The molecule has 0 heterocycles. The molecule has 88 valence electrons. The Kier molecular flexibility index (Phi) is 6.30. The molecule has 16 heavy (non-hydrogen) atoms. The predicted octanol–water partition coefficient (Wildman–Crippen LogP) is 2.11. The second-order valence-corrected chi connectivity index (χ2v) is 3.41. The Labute approximate surface area is 96.3 Å². The Morgan fingerprint density at radius 2 is 2.06 bits per heavy atom. The summed E-state index contributed by atoms with van der Waals surface area (Å²) in [5.74, 6) is 0. The van der Waals surface area contributed by atoms with E-state index in [1.165, 1.54) is 0 Å². The number of rotatable bonds is 7. The SMILES string of the molecule is CC=CO[C@H](CO)COCc1ccccc1. The molecule has 1 rings (SSSR count). The normalized spacial score (nSPS) is 12.9. The predicted molar refractivity (Wildman–Crippen MR) is 62.9 cm³/mol. The van der Waals surface area contributed by atoms with Gasteiger partial charge < -0.3 is 14.6 Å². The highest BCUT2D eigenvalue weighted by Crippen LogP contribution is 2.02. The standard InChI is InChI=1S/C13H18O3/c1-2-8-16-13(9-14)11-15-10-12-6-4-3-5-7-12/h2-8,13-14H,9-11H2,1H3/t13-/m1/s1. The van der Waals surface area contributed by atoms with E-state index >= 15 is 0 Å². The summed E-state index contributed by atoms with van der Waals surface area (Å²) in [6.45, 7) is 2.74. The molecule has 0 unspecified atom stereocenters. The number of benzene rings is 1. The number of hydrogen-bond donors (Lipinski definition) is 1. The van der Waals surface area contributed by atoms with Gasteiger partial charge >= 0.3 is 0 Å². The maximum Gasteiger partial charge on any atom is 0.144 e. The van der Waals surface area contributed by atoms with Crippen LogP contribution in [0, 0.1) is 0 Å². The van der Waals surface area contributed by atoms with Gasteiger partial charge in [0.1, 0.15) is 6.10 Å². The summed E-state index contributed by atoms with van der Waals surface area (Å²) in [6.07, 6.45) is 3.05. The Hall–Kier alpha value is -1.32. The van der Waals surface area contributed by atoms with Crippen LogP contribution in [0.4, 0.5) is 0 Å². The third kappa shape index (κ3) is 4.96. The molecule has 0 saturated carbocycles. The number of allylic oxidation sites excluding steroid dienone is 1. The molecular formula is C13H18O3. The minimum absolute atomic E-state index is 0.0425. The van der Waals surface area contributed by atoms with E-state index in [9.17, 15) is 0 Å². The minimum atomic E-state index is -0.292. The Morgan fingerprint density at radius 1 is 1.31 bits per heavy atom. The fourth-order valence-corrected chi connectivity index (χ4v) is 1.21. The lowest BCUT2D eigenvalue weighted by atomic mass is 10.2. The van der Waals surface area contributed by atoms with E-state index in [1.807, 2.05) is 37.3 Å². The van der Waals surface area contributed by atoms with Gasteiger partial charge in [-0.3, -0.25) is 0 Å². The minimum Gasteiger partial charge on any atom is -0.494 e. The first kappa shape index (κ1) is 12.7. The van der Waals surface area contributed by atoms with E-state index in [0.717, 1.165) is 5.56 Å². The van der Waals surface area contributed by atoms with Crippen LogP contribution in [0.5, 0.6) is 0 Å². The molecule has 3 nitrogen and oxygen atoms in total. The van der Waals surface area contributed by atoms with Crippen LogP contribution in [-0.4, -0.2) is 24.4 Å². The molecule has 1 aromatic rings. The van der Waals surface area contributed by atoms with E-state index in [1.54, 1.807) is 12.3 Å². The van der Waals surface area contributed by atoms with Gasteiger partial charge in [-0.05, 0) is 12.5 Å². The third-order valence-electron chi connectivity index (χ3n) is 2.03. The maximum absolute atomic E-state index is 9.01. The lowest BCUT2D eigenvalue weighted by molar-refractivity contribution is -0.00826. The lowest BCUT2D eigenvalue weighted by Gasteiger charge is -2.14. The molecule has 0 bridgehead atoms. The van der Waals surface area contributed by atoms with Crippen molar-refractivity contribution in [2.45, 2.75) is 19.6 Å². The van der Waals surface area contributed by atoms with Crippen LogP contribution < -0.4 is 0 Å². The average Bonchev–Trinajstić information content (AvgIpc) is 2.35. The van der Waals surface area contributed by atoms with Crippen molar-refractivity contribution in [3.63, 3.8) is 0 Å². The van der Waals surface area contributed by atoms with Crippen LogP contribution in [0.1, 0.15) is 12.5 Å². The molecular weight excluding hydrogens is 204 g/mol. The van der Waals surface area contributed by atoms with Crippen molar-refractivity contribution in [2.75, 3.05) is 13.2 Å². The van der Waals surface area contributed by atoms with Crippen LogP contribution in [0.15, 0.2) is 42.7 Å². The van der Waals surface area contributed by atoms with E-state index in [-0.39, 0.29) is 12.7 Å². The third-order valence-corrected chi connectivity index (χ3v) is 2.03. The number of aliphatic hydroxyl groups is 1. The lowest BCUT2D eigenvalue weighted by Crippen LogP contribution is -2.21. The fraction of sp³-hybridized carbons (Fsp3) is 0.385. The monoisotopic (exact) mass is 222 g/mol. The molecule has 1 atom stereocenters. The molecule has 0 aromatic heterocycles. The van der Waals surface area contributed by atoms with Gasteiger partial charge in [0, 0.05) is 0 Å². The first-order valence-electron chi connectivity index (χ1n) is 5.36. The average molecular weight is 222 g/mol. The molecule has 0 aliphatic rings. The molecule has 3 heteroatoms. The second kappa shape index (κ2) is 7.91. The summed E-state index contributed by atoms with van der Waals surface area (Å²) >= 11 is 0. The van der Waals surface area contributed by atoms with Crippen LogP contribution >= 0.6 is 0 Å². The van der Waals surface area contributed by atoms with E-state index in [0.29, 0.717) is 13.2 Å². The number of ether oxygens (including phenoxy) is 2. The zero-order valence-corrected chi connectivity index (χ0v) is 9.50. The maximum atomic E-state index is 9.01. The van der Waals surface area contributed by atoms with Crippen LogP contribution in [0.25, 0.3) is 0 Å². The fourth-order valence-electron chi connectivity index (χ4n) is 1.21. The van der Waals surface area contributed by atoms with Crippen molar-refractivity contribution in [1.29, 1.82) is 0 Å². The largest absolute Gasteiger partial charge is 0.494 e.